The number of anilines is 1. The number of aromatic nitrogens is 1. The van der Waals surface area contributed by atoms with Crippen LogP contribution in [0.5, 0.6) is 5.75 Å². The summed E-state index contributed by atoms with van der Waals surface area (Å²) in [5, 5.41) is 3.26. The van der Waals surface area contributed by atoms with Crippen molar-refractivity contribution in [2.24, 2.45) is 0 Å². The lowest BCUT2D eigenvalue weighted by Crippen LogP contribution is -2.20. The minimum Gasteiger partial charge on any atom is -0.483 e. The zero-order valence-corrected chi connectivity index (χ0v) is 15.8. The van der Waals surface area contributed by atoms with Crippen LogP contribution in [-0.2, 0) is 17.6 Å². The van der Waals surface area contributed by atoms with Crippen LogP contribution < -0.4 is 10.1 Å². The van der Waals surface area contributed by atoms with E-state index < -0.39 is 0 Å². The maximum Gasteiger partial charge on any atom is 0.264 e. The quantitative estimate of drug-likeness (QED) is 0.597. The molecule has 0 fully saturated rings. The average molecular weight is 380 g/mol. The topological polar surface area (TPSA) is 68.3 Å². The highest BCUT2D eigenvalue weighted by Crippen LogP contribution is 2.22. The fourth-order valence-electron chi connectivity index (χ4n) is 2.55. The van der Waals surface area contributed by atoms with Crippen LogP contribution in [0.25, 0.3) is 0 Å². The van der Waals surface area contributed by atoms with Gasteiger partial charge in [0.25, 0.3) is 5.91 Å². The Hall–Kier alpha value is -2.99. The second-order valence-corrected chi connectivity index (χ2v) is 7.09. The van der Waals surface area contributed by atoms with Gasteiger partial charge in [0.15, 0.2) is 18.0 Å². The Bertz CT molecular complexity index is 919. The molecule has 0 aliphatic rings. The van der Waals surface area contributed by atoms with E-state index in [0.717, 1.165) is 17.7 Å². The molecule has 2 aromatic carbocycles. The van der Waals surface area contributed by atoms with E-state index in [-0.39, 0.29) is 12.5 Å². The van der Waals surface area contributed by atoms with Crippen molar-refractivity contribution in [3.05, 3.63) is 76.3 Å². The molecule has 0 bridgehead atoms. The van der Waals surface area contributed by atoms with Crippen molar-refractivity contribution < 1.29 is 14.3 Å². The molecule has 5 nitrogen and oxygen atoms in total. The van der Waals surface area contributed by atoms with E-state index in [4.69, 9.17) is 4.74 Å². The van der Waals surface area contributed by atoms with Crippen LogP contribution in [0.1, 0.15) is 33.3 Å². The van der Waals surface area contributed by atoms with Crippen molar-refractivity contribution in [3.8, 4) is 5.75 Å². The molecule has 1 amide bonds. The number of thiazole rings is 1. The molecular formula is C21H20N2O3S. The minimum absolute atomic E-state index is 0.182. The molecule has 0 spiro atoms. The highest BCUT2D eigenvalue weighted by Gasteiger charge is 2.09. The molecule has 0 atom stereocenters. The van der Waals surface area contributed by atoms with E-state index in [9.17, 15) is 9.59 Å². The summed E-state index contributed by atoms with van der Waals surface area (Å²) in [5.74, 6) is 0.0712. The third-order valence-corrected chi connectivity index (χ3v) is 4.93. The lowest BCUT2D eigenvalue weighted by Gasteiger charge is -2.07. The predicted octanol–water partition coefficient (Wildman–Crippen LogP) is 4.13. The number of hydrogen-bond donors (Lipinski definition) is 1. The van der Waals surface area contributed by atoms with Crippen LogP contribution >= 0.6 is 11.3 Å². The van der Waals surface area contributed by atoms with Gasteiger partial charge in [-0.15, -0.1) is 11.3 Å². The summed E-state index contributed by atoms with van der Waals surface area (Å²) in [5.41, 5.74) is 2.94. The van der Waals surface area contributed by atoms with Crippen LogP contribution in [0, 0.1) is 0 Å². The summed E-state index contributed by atoms with van der Waals surface area (Å²) in [6.45, 7) is 1.95. The normalized spacial score (nSPS) is 10.4. The first-order valence-electron chi connectivity index (χ1n) is 8.67. The molecule has 0 unspecified atom stereocenters. The number of amides is 1. The van der Waals surface area contributed by atoms with E-state index in [1.54, 1.807) is 30.5 Å². The van der Waals surface area contributed by atoms with Gasteiger partial charge in [0.2, 0.25) is 0 Å². The Kier molecular flexibility index (Phi) is 6.33. The number of benzene rings is 2. The first-order valence-corrected chi connectivity index (χ1v) is 9.49. The number of para-hydroxylation sites is 1. The number of nitrogens with one attached hydrogen (secondary N) is 1. The van der Waals surface area contributed by atoms with E-state index in [0.29, 0.717) is 22.7 Å². The summed E-state index contributed by atoms with van der Waals surface area (Å²) in [6, 6.07) is 15.3. The standard InChI is InChI=1S/C21H20N2O3S/c1-2-15-7-9-16(10-8-15)11-18-12-22-21(27-18)23-20(25)14-26-19-6-4-3-5-17(19)13-24/h3-10,12-13H,2,11,14H2,1H3,(H,22,23,25). The molecule has 0 saturated carbocycles. The number of aryl methyl sites for hydroxylation is 1. The molecule has 0 aliphatic carbocycles. The molecule has 138 valence electrons. The van der Waals surface area contributed by atoms with Crippen molar-refractivity contribution in [2.75, 3.05) is 11.9 Å². The van der Waals surface area contributed by atoms with Gasteiger partial charge in [0.1, 0.15) is 5.75 Å². The summed E-state index contributed by atoms with van der Waals surface area (Å²) in [6.07, 6.45) is 4.28. The molecule has 1 N–H and O–H groups in total. The second kappa shape index (κ2) is 9.09. The van der Waals surface area contributed by atoms with Crippen LogP contribution in [0.15, 0.2) is 54.7 Å². The number of carbonyl (C=O) groups is 2. The summed E-state index contributed by atoms with van der Waals surface area (Å²) in [4.78, 5) is 28.3. The Morgan fingerprint density at radius 2 is 1.89 bits per heavy atom. The molecule has 6 heteroatoms. The third-order valence-electron chi connectivity index (χ3n) is 4.01. The lowest BCUT2D eigenvalue weighted by molar-refractivity contribution is -0.118. The highest BCUT2D eigenvalue weighted by atomic mass is 32.1. The van der Waals surface area contributed by atoms with Crippen LogP contribution in [0.3, 0.4) is 0 Å². The van der Waals surface area contributed by atoms with Crippen molar-refractivity contribution >= 4 is 28.7 Å². The Morgan fingerprint density at radius 3 is 2.63 bits per heavy atom. The molecule has 0 aliphatic heterocycles. The van der Waals surface area contributed by atoms with Crippen LogP contribution in [0.4, 0.5) is 5.13 Å². The SMILES string of the molecule is CCc1ccc(Cc2cnc(NC(=O)COc3ccccc3C=O)s2)cc1. The number of nitrogens with zero attached hydrogens (tertiary/aromatic N) is 1. The van der Waals surface area contributed by atoms with Gasteiger partial charge in [-0.25, -0.2) is 4.98 Å². The average Bonchev–Trinajstić information content (AvgIpc) is 3.13. The Balaban J connectivity index is 1.53. The fraction of sp³-hybridized carbons (Fsp3) is 0.190. The van der Waals surface area contributed by atoms with Crippen LogP contribution in [0.2, 0.25) is 0 Å². The molecule has 27 heavy (non-hydrogen) atoms. The van der Waals surface area contributed by atoms with Crippen molar-refractivity contribution in [1.82, 2.24) is 4.98 Å². The second-order valence-electron chi connectivity index (χ2n) is 5.97. The number of carbonyl (C=O) groups excluding carboxylic acids is 2. The van der Waals surface area contributed by atoms with E-state index in [2.05, 4.69) is 41.5 Å². The fourth-order valence-corrected chi connectivity index (χ4v) is 3.41. The predicted molar refractivity (Wildman–Crippen MR) is 107 cm³/mol. The summed E-state index contributed by atoms with van der Waals surface area (Å²) in [7, 11) is 0. The first-order chi connectivity index (χ1) is 13.2. The van der Waals surface area contributed by atoms with Gasteiger partial charge in [-0.05, 0) is 29.7 Å². The van der Waals surface area contributed by atoms with Gasteiger partial charge < -0.3 is 4.74 Å². The molecule has 0 saturated heterocycles. The maximum absolute atomic E-state index is 12.1. The van der Waals surface area contributed by atoms with Gasteiger partial charge in [0.05, 0.1) is 5.56 Å². The minimum atomic E-state index is -0.316. The van der Waals surface area contributed by atoms with Crippen molar-refractivity contribution in [1.29, 1.82) is 0 Å². The smallest absolute Gasteiger partial charge is 0.264 e. The molecule has 0 radical (unpaired) electrons. The van der Waals surface area contributed by atoms with Gasteiger partial charge in [-0.1, -0.05) is 43.3 Å². The van der Waals surface area contributed by atoms with Crippen LogP contribution in [-0.4, -0.2) is 23.8 Å². The zero-order valence-electron chi connectivity index (χ0n) is 15.0. The zero-order chi connectivity index (χ0) is 19.1. The number of ether oxygens (including phenoxy) is 1. The number of rotatable bonds is 8. The Morgan fingerprint density at radius 1 is 1.15 bits per heavy atom. The number of hydrogen-bond acceptors (Lipinski definition) is 5. The maximum atomic E-state index is 12.1. The molecule has 3 aromatic rings. The largest absolute Gasteiger partial charge is 0.483 e. The highest BCUT2D eigenvalue weighted by molar-refractivity contribution is 7.15. The molecular weight excluding hydrogens is 360 g/mol. The molecule has 3 rings (SSSR count). The monoisotopic (exact) mass is 380 g/mol. The third kappa shape index (κ3) is 5.24. The molecule has 1 heterocycles. The van der Waals surface area contributed by atoms with E-state index >= 15 is 0 Å². The summed E-state index contributed by atoms with van der Waals surface area (Å²) < 4.78 is 5.42. The van der Waals surface area contributed by atoms with Crippen molar-refractivity contribution in [2.45, 2.75) is 19.8 Å². The van der Waals surface area contributed by atoms with Gasteiger partial charge in [0, 0.05) is 17.5 Å². The van der Waals surface area contributed by atoms with Gasteiger partial charge in [-0.3, -0.25) is 14.9 Å². The first kappa shape index (κ1) is 18.8. The molecule has 1 aromatic heterocycles. The van der Waals surface area contributed by atoms with Gasteiger partial charge in [-0.2, -0.15) is 0 Å². The number of aldehydes is 1. The van der Waals surface area contributed by atoms with Gasteiger partial charge >= 0.3 is 0 Å². The lowest BCUT2D eigenvalue weighted by atomic mass is 10.1. The van der Waals surface area contributed by atoms with E-state index in [1.165, 1.54) is 22.5 Å². The van der Waals surface area contributed by atoms with E-state index in [1.807, 2.05) is 0 Å². The Labute approximate surface area is 162 Å². The van der Waals surface area contributed by atoms with Crippen molar-refractivity contribution in [3.63, 3.8) is 0 Å². The summed E-state index contributed by atoms with van der Waals surface area (Å²) >= 11 is 1.44.